The Labute approximate surface area is 97.7 Å². The van der Waals surface area contributed by atoms with Gasteiger partial charge in [0.25, 0.3) is 0 Å². The van der Waals surface area contributed by atoms with Gasteiger partial charge in [-0.15, -0.1) is 0 Å². The third-order valence-corrected chi connectivity index (χ3v) is 3.00. The number of aromatic nitrogens is 2. The van der Waals surface area contributed by atoms with Crippen LogP contribution >= 0.6 is 11.6 Å². The molecule has 0 spiro atoms. The Bertz CT molecular complexity index is 532. The monoisotopic (exact) mass is 236 g/mol. The fraction of sp³-hybridized carbons (Fsp3) is 0.250. The molecule has 2 nitrogen and oxygen atoms in total. The van der Waals surface area contributed by atoms with Crippen LogP contribution in [0.15, 0.2) is 30.3 Å². The first-order valence-corrected chi connectivity index (χ1v) is 5.63. The molecule has 3 rings (SSSR count). The van der Waals surface area contributed by atoms with Crippen molar-refractivity contribution >= 4 is 11.6 Å². The molecular weight excluding hydrogens is 227 g/mol. The molecule has 16 heavy (non-hydrogen) atoms. The molecule has 0 unspecified atom stereocenters. The molecule has 0 atom stereocenters. The fourth-order valence-electron chi connectivity index (χ4n) is 1.74. The lowest BCUT2D eigenvalue weighted by molar-refractivity contribution is 0.625. The first-order chi connectivity index (χ1) is 7.74. The maximum atomic E-state index is 13.1. The second kappa shape index (κ2) is 3.59. The minimum absolute atomic E-state index is 0.281. The number of nitrogens with zero attached hydrogens (tertiary/aromatic N) is 2. The Morgan fingerprint density at radius 1 is 1.31 bits per heavy atom. The highest BCUT2D eigenvalue weighted by atomic mass is 35.5. The Morgan fingerprint density at radius 2 is 2.12 bits per heavy atom. The van der Waals surface area contributed by atoms with Gasteiger partial charge in [0.2, 0.25) is 0 Å². The molecule has 0 radical (unpaired) electrons. The standard InChI is InChI=1S/C12H10ClFN2/c13-12-7-11(8-4-5-8)15-16(12)10-3-1-2-9(14)6-10/h1-3,6-8H,4-5H2. The van der Waals surface area contributed by atoms with Crippen molar-refractivity contribution in [2.75, 3.05) is 0 Å². The van der Waals surface area contributed by atoms with Crippen molar-refractivity contribution in [1.29, 1.82) is 0 Å². The largest absolute Gasteiger partial charge is 0.222 e. The predicted octanol–water partition coefficient (Wildman–Crippen LogP) is 3.54. The van der Waals surface area contributed by atoms with E-state index in [0.29, 0.717) is 16.8 Å². The van der Waals surface area contributed by atoms with Gasteiger partial charge < -0.3 is 0 Å². The van der Waals surface area contributed by atoms with E-state index >= 15 is 0 Å². The smallest absolute Gasteiger partial charge is 0.133 e. The molecule has 1 fully saturated rings. The van der Waals surface area contributed by atoms with E-state index in [1.807, 2.05) is 6.07 Å². The van der Waals surface area contributed by atoms with Gasteiger partial charge in [0.1, 0.15) is 11.0 Å². The topological polar surface area (TPSA) is 17.8 Å². The van der Waals surface area contributed by atoms with Crippen molar-refractivity contribution in [3.8, 4) is 5.69 Å². The van der Waals surface area contributed by atoms with E-state index in [4.69, 9.17) is 11.6 Å². The van der Waals surface area contributed by atoms with Crippen LogP contribution in [0.4, 0.5) is 4.39 Å². The zero-order valence-corrected chi connectivity index (χ0v) is 9.28. The lowest BCUT2D eigenvalue weighted by Gasteiger charge is -2.02. The van der Waals surface area contributed by atoms with Gasteiger partial charge in [-0.3, -0.25) is 0 Å². The van der Waals surface area contributed by atoms with Crippen LogP contribution in [0.2, 0.25) is 5.15 Å². The van der Waals surface area contributed by atoms with Crippen LogP contribution in [-0.2, 0) is 0 Å². The highest BCUT2D eigenvalue weighted by Crippen LogP contribution is 2.40. The SMILES string of the molecule is Fc1cccc(-n2nc(C3CC3)cc2Cl)c1. The molecule has 0 saturated heterocycles. The lowest BCUT2D eigenvalue weighted by atomic mass is 10.3. The summed E-state index contributed by atoms with van der Waals surface area (Å²) < 4.78 is 14.7. The lowest BCUT2D eigenvalue weighted by Crippen LogP contribution is -1.97. The highest BCUT2D eigenvalue weighted by molar-refractivity contribution is 6.29. The van der Waals surface area contributed by atoms with Crippen molar-refractivity contribution < 1.29 is 4.39 Å². The second-order valence-electron chi connectivity index (χ2n) is 4.06. The van der Waals surface area contributed by atoms with Crippen LogP contribution < -0.4 is 0 Å². The molecule has 0 N–H and O–H groups in total. The number of hydrogen-bond donors (Lipinski definition) is 0. The van der Waals surface area contributed by atoms with Gasteiger partial charge in [-0.05, 0) is 37.1 Å². The van der Waals surface area contributed by atoms with Crippen molar-refractivity contribution in [1.82, 2.24) is 9.78 Å². The molecule has 1 aliphatic carbocycles. The minimum Gasteiger partial charge on any atom is -0.222 e. The molecule has 1 aromatic carbocycles. The first kappa shape index (κ1) is 9.85. The van der Waals surface area contributed by atoms with Crippen LogP contribution in [0, 0.1) is 5.82 Å². The third-order valence-electron chi connectivity index (χ3n) is 2.73. The second-order valence-corrected chi connectivity index (χ2v) is 4.45. The molecule has 2 aromatic rings. The maximum Gasteiger partial charge on any atom is 0.133 e. The number of hydrogen-bond acceptors (Lipinski definition) is 1. The molecule has 82 valence electrons. The molecule has 4 heteroatoms. The quantitative estimate of drug-likeness (QED) is 0.780. The van der Waals surface area contributed by atoms with E-state index in [1.54, 1.807) is 16.8 Å². The van der Waals surface area contributed by atoms with Crippen LogP contribution in [-0.4, -0.2) is 9.78 Å². The van der Waals surface area contributed by atoms with Gasteiger partial charge in [0, 0.05) is 5.92 Å². The Morgan fingerprint density at radius 3 is 2.81 bits per heavy atom. The van der Waals surface area contributed by atoms with Crippen LogP contribution in [0.25, 0.3) is 5.69 Å². The molecule has 1 aliphatic rings. The zero-order chi connectivity index (χ0) is 11.1. The summed E-state index contributed by atoms with van der Waals surface area (Å²) >= 11 is 6.08. The molecular formula is C12H10ClFN2. The van der Waals surface area contributed by atoms with Crippen molar-refractivity contribution in [2.24, 2.45) is 0 Å². The molecule has 0 bridgehead atoms. The summed E-state index contributed by atoms with van der Waals surface area (Å²) in [6.45, 7) is 0. The van der Waals surface area contributed by atoms with Gasteiger partial charge in [0.05, 0.1) is 11.4 Å². The van der Waals surface area contributed by atoms with Gasteiger partial charge in [-0.1, -0.05) is 17.7 Å². The predicted molar refractivity (Wildman–Crippen MR) is 60.5 cm³/mol. The third kappa shape index (κ3) is 1.71. The average Bonchev–Trinajstić information content (AvgIpc) is 3.02. The van der Waals surface area contributed by atoms with E-state index in [0.717, 1.165) is 5.69 Å². The first-order valence-electron chi connectivity index (χ1n) is 5.25. The summed E-state index contributed by atoms with van der Waals surface area (Å²) in [5.74, 6) is 0.268. The highest BCUT2D eigenvalue weighted by Gasteiger charge is 2.27. The van der Waals surface area contributed by atoms with E-state index < -0.39 is 0 Å². The Balaban J connectivity index is 2.04. The maximum absolute atomic E-state index is 13.1. The van der Waals surface area contributed by atoms with E-state index in [1.165, 1.54) is 25.0 Å². The average molecular weight is 237 g/mol. The van der Waals surface area contributed by atoms with E-state index in [9.17, 15) is 4.39 Å². The van der Waals surface area contributed by atoms with Gasteiger partial charge in [-0.25, -0.2) is 9.07 Å². The summed E-state index contributed by atoms with van der Waals surface area (Å²) in [6, 6.07) is 8.14. The Hall–Kier alpha value is -1.35. The zero-order valence-electron chi connectivity index (χ0n) is 8.53. The van der Waals surface area contributed by atoms with Gasteiger partial charge in [-0.2, -0.15) is 5.10 Å². The number of halogens is 2. The molecule has 1 saturated carbocycles. The number of rotatable bonds is 2. The molecule has 1 aromatic heterocycles. The van der Waals surface area contributed by atoms with Crippen molar-refractivity contribution in [3.05, 3.63) is 47.0 Å². The van der Waals surface area contributed by atoms with E-state index in [2.05, 4.69) is 5.10 Å². The van der Waals surface area contributed by atoms with Crippen LogP contribution in [0.3, 0.4) is 0 Å². The summed E-state index contributed by atoms with van der Waals surface area (Å²) in [5, 5.41) is 4.94. The summed E-state index contributed by atoms with van der Waals surface area (Å²) in [6.07, 6.45) is 2.35. The number of benzene rings is 1. The van der Waals surface area contributed by atoms with Crippen molar-refractivity contribution in [2.45, 2.75) is 18.8 Å². The summed E-state index contributed by atoms with van der Waals surface area (Å²) in [4.78, 5) is 0. The fourth-order valence-corrected chi connectivity index (χ4v) is 1.99. The molecule has 1 heterocycles. The minimum atomic E-state index is -0.281. The molecule has 0 amide bonds. The summed E-state index contributed by atoms with van der Waals surface area (Å²) in [5.41, 5.74) is 1.67. The van der Waals surface area contributed by atoms with Gasteiger partial charge >= 0.3 is 0 Å². The van der Waals surface area contributed by atoms with Crippen LogP contribution in [0.1, 0.15) is 24.5 Å². The van der Waals surface area contributed by atoms with E-state index in [-0.39, 0.29) is 5.82 Å². The van der Waals surface area contributed by atoms with Crippen LogP contribution in [0.5, 0.6) is 0 Å². The van der Waals surface area contributed by atoms with Gasteiger partial charge in [0.15, 0.2) is 0 Å². The van der Waals surface area contributed by atoms with Crippen molar-refractivity contribution in [3.63, 3.8) is 0 Å². The normalized spacial score (nSPS) is 15.4. The Kier molecular flexibility index (Phi) is 2.21. The molecule has 0 aliphatic heterocycles. The summed E-state index contributed by atoms with van der Waals surface area (Å²) in [7, 11) is 0.